The molecule has 0 saturated heterocycles. The van der Waals surface area contributed by atoms with E-state index in [-0.39, 0.29) is 17.0 Å². The number of allylic oxidation sites excluding steroid dienone is 1. The van der Waals surface area contributed by atoms with E-state index in [1.54, 1.807) is 6.08 Å². The van der Waals surface area contributed by atoms with E-state index in [1.807, 2.05) is 6.08 Å². The van der Waals surface area contributed by atoms with E-state index in [0.29, 0.717) is 29.5 Å². The number of rotatable bonds is 1. The highest BCUT2D eigenvalue weighted by Gasteiger charge is 2.79. The molecule has 4 fully saturated rings. The number of ether oxygens (including phenoxy) is 1. The van der Waals surface area contributed by atoms with Crippen molar-refractivity contribution in [3.8, 4) is 0 Å². The highest BCUT2D eigenvalue weighted by atomic mass is 16.6. The van der Waals surface area contributed by atoms with Gasteiger partial charge in [-0.1, -0.05) is 19.4 Å². The summed E-state index contributed by atoms with van der Waals surface area (Å²) in [7, 11) is 0. The number of ketones is 1. The molecule has 0 aromatic carbocycles. The minimum atomic E-state index is -0.308. The van der Waals surface area contributed by atoms with Gasteiger partial charge in [-0.3, -0.25) is 4.79 Å². The first-order valence-corrected chi connectivity index (χ1v) is 11.2. The Kier molecular flexibility index (Phi) is 3.16. The Morgan fingerprint density at radius 2 is 2.07 bits per heavy atom. The van der Waals surface area contributed by atoms with Gasteiger partial charge in [0.2, 0.25) is 0 Å². The summed E-state index contributed by atoms with van der Waals surface area (Å²) in [5, 5.41) is 0. The van der Waals surface area contributed by atoms with Crippen molar-refractivity contribution in [1.82, 2.24) is 0 Å². The average Bonchev–Trinajstić information content (AvgIpc) is 3.30. The Labute approximate surface area is 161 Å². The molecule has 6 aliphatic rings. The zero-order chi connectivity index (χ0) is 18.6. The van der Waals surface area contributed by atoms with Crippen LogP contribution in [0.2, 0.25) is 0 Å². The van der Waals surface area contributed by atoms with E-state index >= 15 is 0 Å². The molecule has 27 heavy (non-hydrogen) atoms. The second kappa shape index (κ2) is 5.15. The Hall–Kier alpha value is -1.38. The first-order valence-electron chi connectivity index (χ1n) is 11.2. The first-order chi connectivity index (χ1) is 13.0. The lowest BCUT2D eigenvalue weighted by Crippen LogP contribution is -2.57. The van der Waals surface area contributed by atoms with Gasteiger partial charge in [0.15, 0.2) is 5.78 Å². The fourth-order valence-electron chi connectivity index (χ4n) is 8.95. The maximum Gasteiger partial charge on any atom is 0.331 e. The maximum absolute atomic E-state index is 12.1. The second-order valence-electron chi connectivity index (χ2n) is 10.4. The summed E-state index contributed by atoms with van der Waals surface area (Å²) in [6.07, 6.45) is 13.6. The van der Waals surface area contributed by atoms with Gasteiger partial charge in [0.25, 0.3) is 0 Å². The van der Waals surface area contributed by atoms with Crippen LogP contribution >= 0.6 is 0 Å². The van der Waals surface area contributed by atoms with E-state index in [0.717, 1.165) is 43.4 Å². The topological polar surface area (TPSA) is 43.4 Å². The summed E-state index contributed by atoms with van der Waals surface area (Å²) in [5.41, 5.74) is 1.29. The van der Waals surface area contributed by atoms with Crippen molar-refractivity contribution >= 4 is 11.8 Å². The Morgan fingerprint density at radius 3 is 2.81 bits per heavy atom. The lowest BCUT2D eigenvalue weighted by molar-refractivity contribution is -0.174. The van der Waals surface area contributed by atoms with E-state index in [2.05, 4.69) is 19.9 Å². The minimum Gasteiger partial charge on any atom is -0.451 e. The van der Waals surface area contributed by atoms with Crippen LogP contribution in [0.4, 0.5) is 0 Å². The summed E-state index contributed by atoms with van der Waals surface area (Å²) in [6, 6.07) is 0. The molecule has 1 aliphatic heterocycles. The maximum atomic E-state index is 12.1. The summed E-state index contributed by atoms with van der Waals surface area (Å²) in [5.74, 6) is 4.95. The van der Waals surface area contributed by atoms with E-state index in [4.69, 9.17) is 4.74 Å². The molecule has 0 amide bonds. The van der Waals surface area contributed by atoms with Crippen LogP contribution in [0.15, 0.2) is 23.8 Å². The zero-order valence-electron chi connectivity index (χ0n) is 16.4. The van der Waals surface area contributed by atoms with Crippen molar-refractivity contribution < 1.29 is 14.3 Å². The zero-order valence-corrected chi connectivity index (χ0v) is 16.4. The summed E-state index contributed by atoms with van der Waals surface area (Å²) in [6.45, 7) is 4.76. The monoisotopic (exact) mass is 366 g/mol. The fourth-order valence-corrected chi connectivity index (χ4v) is 8.95. The lowest BCUT2D eigenvalue weighted by atomic mass is 9.46. The third-order valence-corrected chi connectivity index (χ3v) is 9.72. The number of hydrogen-bond donors (Lipinski definition) is 0. The van der Waals surface area contributed by atoms with Crippen molar-refractivity contribution in [3.63, 3.8) is 0 Å². The molecule has 9 atom stereocenters. The third kappa shape index (κ3) is 1.85. The molecule has 144 valence electrons. The highest BCUT2D eigenvalue weighted by Crippen LogP contribution is 2.79. The minimum absolute atomic E-state index is 0.121. The van der Waals surface area contributed by atoms with Crippen molar-refractivity contribution in [2.45, 2.75) is 64.4 Å². The lowest BCUT2D eigenvalue weighted by Gasteiger charge is -2.59. The molecule has 3 heteroatoms. The number of carbonyl (C=O) groups is 2. The van der Waals surface area contributed by atoms with Crippen LogP contribution in [-0.4, -0.2) is 17.4 Å². The standard InChI is InChI=1S/C24H30O3/c1-3-23-8-6-17-16-5-4-15(25)11-14(16)10-13(2)21(17)22(23)18-12-19(18)24(23)9-7-20(26)27-24/h7,9,11,13,16-19,21-22H,3-6,8,10,12H2,1-2H3/t13-,16+,17-,18-,19+,21-,22+,23+,24+/m1/s1. The van der Waals surface area contributed by atoms with Gasteiger partial charge in [0.1, 0.15) is 5.60 Å². The predicted molar refractivity (Wildman–Crippen MR) is 102 cm³/mol. The molecular formula is C24H30O3. The molecule has 1 heterocycles. The fraction of sp³-hybridized carbons (Fsp3) is 0.750. The van der Waals surface area contributed by atoms with E-state index in [1.165, 1.54) is 24.8 Å². The second-order valence-corrected chi connectivity index (χ2v) is 10.4. The molecule has 5 aliphatic carbocycles. The predicted octanol–water partition coefficient (Wildman–Crippen LogP) is 4.47. The largest absolute Gasteiger partial charge is 0.451 e. The van der Waals surface area contributed by atoms with Gasteiger partial charge in [-0.2, -0.15) is 0 Å². The number of carbonyl (C=O) groups excluding carboxylic acids is 2. The number of fused-ring (bicyclic) bond motifs is 9. The average molecular weight is 367 g/mol. The Bertz CT molecular complexity index is 793. The van der Waals surface area contributed by atoms with Crippen molar-refractivity contribution in [3.05, 3.63) is 23.8 Å². The van der Waals surface area contributed by atoms with Crippen LogP contribution in [0.5, 0.6) is 0 Å². The molecule has 1 spiro atoms. The van der Waals surface area contributed by atoms with Crippen LogP contribution in [0, 0.1) is 46.8 Å². The Balaban J connectivity index is 1.43. The molecule has 0 unspecified atom stereocenters. The van der Waals surface area contributed by atoms with Gasteiger partial charge in [-0.05, 0) is 86.2 Å². The van der Waals surface area contributed by atoms with Crippen LogP contribution in [-0.2, 0) is 14.3 Å². The van der Waals surface area contributed by atoms with Crippen LogP contribution in [0.25, 0.3) is 0 Å². The smallest absolute Gasteiger partial charge is 0.331 e. The van der Waals surface area contributed by atoms with Crippen molar-refractivity contribution in [2.24, 2.45) is 46.8 Å². The van der Waals surface area contributed by atoms with E-state index in [9.17, 15) is 9.59 Å². The van der Waals surface area contributed by atoms with Crippen molar-refractivity contribution in [2.75, 3.05) is 0 Å². The molecule has 3 nitrogen and oxygen atoms in total. The van der Waals surface area contributed by atoms with Crippen LogP contribution in [0.3, 0.4) is 0 Å². The molecule has 6 rings (SSSR count). The van der Waals surface area contributed by atoms with Gasteiger partial charge in [-0.15, -0.1) is 0 Å². The van der Waals surface area contributed by atoms with Crippen molar-refractivity contribution in [1.29, 1.82) is 0 Å². The van der Waals surface area contributed by atoms with Gasteiger partial charge >= 0.3 is 5.97 Å². The molecule has 0 aromatic rings. The molecule has 0 N–H and O–H groups in total. The van der Waals surface area contributed by atoms with Gasteiger partial charge < -0.3 is 4.74 Å². The third-order valence-electron chi connectivity index (χ3n) is 9.72. The molecule has 0 radical (unpaired) electrons. The van der Waals surface area contributed by atoms with Gasteiger partial charge in [-0.25, -0.2) is 4.79 Å². The van der Waals surface area contributed by atoms with Crippen LogP contribution in [0.1, 0.15) is 58.8 Å². The summed E-state index contributed by atoms with van der Waals surface area (Å²) in [4.78, 5) is 24.1. The number of hydrogen-bond acceptors (Lipinski definition) is 3. The normalized spacial score (nSPS) is 54.7. The van der Waals surface area contributed by atoms with E-state index < -0.39 is 0 Å². The molecule has 0 bridgehead atoms. The van der Waals surface area contributed by atoms with Crippen LogP contribution < -0.4 is 0 Å². The summed E-state index contributed by atoms with van der Waals surface area (Å²) < 4.78 is 6.16. The molecule has 0 aromatic heterocycles. The SMILES string of the molecule is CC[C@]12CC[C@H]3[C@H]([C@@H]1[C@@H]1C[C@@H]1[C@@]21C=CC(=O)O1)[C@H](C)CC1=CC(=O)CC[C@@H]13. The summed E-state index contributed by atoms with van der Waals surface area (Å²) >= 11 is 0. The highest BCUT2D eigenvalue weighted by molar-refractivity contribution is 5.91. The molecule has 4 saturated carbocycles. The van der Waals surface area contributed by atoms with Gasteiger partial charge in [0.05, 0.1) is 0 Å². The number of esters is 1. The van der Waals surface area contributed by atoms with Gasteiger partial charge in [0, 0.05) is 23.8 Å². The molecular weight excluding hydrogens is 336 g/mol. The Morgan fingerprint density at radius 1 is 1.22 bits per heavy atom. The quantitative estimate of drug-likeness (QED) is 0.643. The first kappa shape index (κ1) is 16.6.